The highest BCUT2D eigenvalue weighted by Gasteiger charge is 2.42. The van der Waals surface area contributed by atoms with Crippen LogP contribution in [0.3, 0.4) is 0 Å². The van der Waals surface area contributed by atoms with Crippen LogP contribution in [0.25, 0.3) is 21.5 Å². The third-order valence-electron chi connectivity index (χ3n) is 6.65. The molecule has 2 aliphatic rings. The van der Waals surface area contributed by atoms with Crippen LogP contribution in [-0.4, -0.2) is 49.5 Å². The van der Waals surface area contributed by atoms with Gasteiger partial charge in [-0.2, -0.15) is 0 Å². The second kappa shape index (κ2) is 8.77. The Kier molecular flexibility index (Phi) is 5.84. The number of carbonyl (C=O) groups excluding carboxylic acids is 1. The fourth-order valence-corrected chi connectivity index (χ4v) is 5.90. The molecular weight excluding hydrogens is 432 g/mol. The Morgan fingerprint density at radius 1 is 1.12 bits per heavy atom. The first-order valence-corrected chi connectivity index (χ1v) is 11.9. The van der Waals surface area contributed by atoms with Crippen molar-refractivity contribution < 1.29 is 13.6 Å². The van der Waals surface area contributed by atoms with Gasteiger partial charge < -0.3 is 4.90 Å². The summed E-state index contributed by atoms with van der Waals surface area (Å²) in [5, 5.41) is 11.8. The van der Waals surface area contributed by atoms with Gasteiger partial charge in [0.1, 0.15) is 10.7 Å². The zero-order chi connectivity index (χ0) is 22.2. The number of rotatable bonds is 6. The number of amides is 1. The molecule has 3 aromatic heterocycles. The fourth-order valence-electron chi connectivity index (χ4n) is 5.24. The number of carbonyl (C=O) groups is 1. The second-order valence-corrected chi connectivity index (χ2v) is 10.1. The van der Waals surface area contributed by atoms with E-state index in [4.69, 9.17) is 0 Å². The molecule has 0 radical (unpaired) electrons. The standard InChI is InChI=1S/C23H25F2N5OS/c1-13-28-29-23(32-13)20-9-15-8-17(26-11-16(15)12-27-20)10-22(31)30-18-3-4-19(30)7-14(6-18)2-5-21(24)25/h8-9,11-12,14,18-19,21H,2-7,10H2,1H3/t14?,18-,19+. The topological polar surface area (TPSA) is 71.9 Å². The predicted molar refractivity (Wildman–Crippen MR) is 119 cm³/mol. The summed E-state index contributed by atoms with van der Waals surface area (Å²) in [4.78, 5) is 24.1. The highest BCUT2D eigenvalue weighted by Crippen LogP contribution is 2.41. The van der Waals surface area contributed by atoms with Gasteiger partial charge in [-0.05, 0) is 62.5 Å². The maximum atomic E-state index is 13.2. The van der Waals surface area contributed by atoms with Crippen LogP contribution in [0.15, 0.2) is 24.5 Å². The molecule has 3 aromatic rings. The third kappa shape index (κ3) is 4.35. The van der Waals surface area contributed by atoms with Crippen LogP contribution >= 0.6 is 11.3 Å². The van der Waals surface area contributed by atoms with E-state index in [-0.39, 0.29) is 30.8 Å². The number of hydrogen-bond acceptors (Lipinski definition) is 6. The van der Waals surface area contributed by atoms with E-state index in [9.17, 15) is 13.6 Å². The zero-order valence-electron chi connectivity index (χ0n) is 17.9. The lowest BCUT2D eigenvalue weighted by Gasteiger charge is -2.39. The van der Waals surface area contributed by atoms with Gasteiger partial charge in [-0.3, -0.25) is 14.8 Å². The van der Waals surface area contributed by atoms with E-state index in [1.807, 2.05) is 24.0 Å². The Hall–Kier alpha value is -2.55. The summed E-state index contributed by atoms with van der Waals surface area (Å²) < 4.78 is 25.2. The second-order valence-electron chi connectivity index (χ2n) is 8.89. The third-order valence-corrected chi connectivity index (χ3v) is 7.51. The summed E-state index contributed by atoms with van der Waals surface area (Å²) in [5.74, 6) is 0.393. The number of pyridine rings is 2. The lowest BCUT2D eigenvalue weighted by molar-refractivity contribution is -0.135. The molecule has 2 aliphatic heterocycles. The molecule has 5 rings (SSSR count). The number of aromatic nitrogens is 4. The molecule has 2 bridgehead atoms. The molecule has 3 atom stereocenters. The number of piperidine rings is 1. The molecule has 0 spiro atoms. The van der Waals surface area contributed by atoms with E-state index < -0.39 is 6.43 Å². The Labute approximate surface area is 189 Å². The summed E-state index contributed by atoms with van der Waals surface area (Å²) in [7, 11) is 0. The summed E-state index contributed by atoms with van der Waals surface area (Å²) in [6.07, 6.45) is 5.70. The zero-order valence-corrected chi connectivity index (χ0v) is 18.7. The van der Waals surface area contributed by atoms with Crippen molar-refractivity contribution in [2.75, 3.05) is 0 Å². The molecule has 0 aromatic carbocycles. The first-order valence-electron chi connectivity index (χ1n) is 11.1. The highest BCUT2D eigenvalue weighted by atomic mass is 32.1. The van der Waals surface area contributed by atoms with E-state index in [0.717, 1.165) is 57.9 Å². The molecule has 0 aliphatic carbocycles. The van der Waals surface area contributed by atoms with Gasteiger partial charge in [-0.25, -0.2) is 8.78 Å². The molecule has 6 nitrogen and oxygen atoms in total. The van der Waals surface area contributed by atoms with Crippen LogP contribution in [0.2, 0.25) is 0 Å². The fraction of sp³-hybridized carbons (Fsp3) is 0.522. The van der Waals surface area contributed by atoms with E-state index >= 15 is 0 Å². The molecule has 0 N–H and O–H groups in total. The molecule has 2 saturated heterocycles. The SMILES string of the molecule is Cc1nnc(-c2cc3cc(CC(=O)N4[C@@H]5CC[C@H]4CC(CCC(F)F)C5)ncc3cn2)s1. The van der Waals surface area contributed by atoms with Gasteiger partial charge in [0.15, 0.2) is 5.01 Å². The van der Waals surface area contributed by atoms with Crippen molar-refractivity contribution in [2.24, 2.45) is 5.92 Å². The minimum absolute atomic E-state index is 0.0352. The number of hydrogen-bond donors (Lipinski definition) is 0. The van der Waals surface area contributed by atoms with E-state index in [1.165, 1.54) is 11.3 Å². The first kappa shape index (κ1) is 21.3. The lowest BCUT2D eigenvalue weighted by Crippen LogP contribution is -2.47. The molecule has 168 valence electrons. The maximum absolute atomic E-state index is 13.2. The van der Waals surface area contributed by atoms with E-state index in [2.05, 4.69) is 20.2 Å². The minimum Gasteiger partial charge on any atom is -0.336 e. The van der Waals surface area contributed by atoms with Gasteiger partial charge in [-0.1, -0.05) is 11.3 Å². The monoisotopic (exact) mass is 457 g/mol. The Morgan fingerprint density at radius 2 is 1.88 bits per heavy atom. The van der Waals surface area contributed by atoms with Gasteiger partial charge in [0, 0.05) is 36.3 Å². The van der Waals surface area contributed by atoms with Crippen molar-refractivity contribution >= 4 is 28.0 Å². The van der Waals surface area contributed by atoms with E-state index in [1.54, 1.807) is 12.4 Å². The van der Waals surface area contributed by atoms with Crippen molar-refractivity contribution in [2.45, 2.75) is 70.4 Å². The minimum atomic E-state index is -2.24. The van der Waals surface area contributed by atoms with Crippen molar-refractivity contribution in [1.29, 1.82) is 0 Å². The highest BCUT2D eigenvalue weighted by molar-refractivity contribution is 7.14. The maximum Gasteiger partial charge on any atom is 0.238 e. The number of alkyl halides is 2. The van der Waals surface area contributed by atoms with Gasteiger partial charge in [0.05, 0.1) is 12.1 Å². The predicted octanol–water partition coefficient (Wildman–Crippen LogP) is 4.81. The van der Waals surface area contributed by atoms with Crippen LogP contribution in [0.4, 0.5) is 8.78 Å². The molecule has 0 saturated carbocycles. The molecule has 1 unspecified atom stereocenters. The van der Waals surface area contributed by atoms with Crippen LogP contribution in [0, 0.1) is 12.8 Å². The average Bonchev–Trinajstić information content (AvgIpc) is 3.32. The quantitative estimate of drug-likeness (QED) is 0.531. The van der Waals surface area contributed by atoms with Gasteiger partial charge in [-0.15, -0.1) is 10.2 Å². The molecule has 2 fully saturated rings. The van der Waals surface area contributed by atoms with Crippen molar-refractivity contribution in [3.05, 3.63) is 35.2 Å². The number of nitrogens with zero attached hydrogens (tertiary/aromatic N) is 5. The number of aryl methyl sites for hydroxylation is 1. The molecule has 1 amide bonds. The molecule has 5 heterocycles. The normalized spacial score (nSPS) is 22.8. The van der Waals surface area contributed by atoms with Crippen LogP contribution in [0.5, 0.6) is 0 Å². The molecule has 32 heavy (non-hydrogen) atoms. The van der Waals surface area contributed by atoms with Gasteiger partial charge >= 0.3 is 0 Å². The smallest absolute Gasteiger partial charge is 0.238 e. The van der Waals surface area contributed by atoms with Crippen molar-refractivity contribution in [3.8, 4) is 10.7 Å². The van der Waals surface area contributed by atoms with Crippen LogP contribution in [0.1, 0.15) is 49.2 Å². The molecule has 9 heteroatoms. The Bertz CT molecular complexity index is 1120. The number of fused-ring (bicyclic) bond motifs is 3. The number of halogens is 2. The van der Waals surface area contributed by atoms with Gasteiger partial charge in [0.25, 0.3) is 0 Å². The molecular formula is C23H25F2N5OS. The van der Waals surface area contributed by atoms with Crippen molar-refractivity contribution in [1.82, 2.24) is 25.1 Å². The summed E-state index contributed by atoms with van der Waals surface area (Å²) in [6.45, 7) is 1.91. The largest absolute Gasteiger partial charge is 0.336 e. The summed E-state index contributed by atoms with van der Waals surface area (Å²) in [6, 6.07) is 4.27. The Morgan fingerprint density at radius 3 is 2.56 bits per heavy atom. The van der Waals surface area contributed by atoms with Crippen molar-refractivity contribution in [3.63, 3.8) is 0 Å². The summed E-state index contributed by atoms with van der Waals surface area (Å²) >= 11 is 1.49. The average molecular weight is 458 g/mol. The summed E-state index contributed by atoms with van der Waals surface area (Å²) in [5.41, 5.74) is 1.49. The Balaban J connectivity index is 1.29. The lowest BCUT2D eigenvalue weighted by atomic mass is 9.87. The van der Waals surface area contributed by atoms with Crippen LogP contribution in [-0.2, 0) is 11.2 Å². The first-order chi connectivity index (χ1) is 15.5. The van der Waals surface area contributed by atoms with Crippen LogP contribution < -0.4 is 0 Å². The van der Waals surface area contributed by atoms with Gasteiger partial charge in [0.2, 0.25) is 12.3 Å². The van der Waals surface area contributed by atoms with E-state index in [0.29, 0.717) is 12.3 Å².